The van der Waals surface area contributed by atoms with E-state index in [2.05, 4.69) is 5.32 Å². The van der Waals surface area contributed by atoms with Crippen molar-refractivity contribution in [3.8, 4) is 0 Å². The zero-order valence-corrected chi connectivity index (χ0v) is 17.8. The summed E-state index contributed by atoms with van der Waals surface area (Å²) in [6.07, 6.45) is 5.97. The summed E-state index contributed by atoms with van der Waals surface area (Å²) in [5, 5.41) is 14.9. The van der Waals surface area contributed by atoms with Crippen molar-refractivity contribution in [3.63, 3.8) is 0 Å². The normalized spacial score (nSPS) is 15.0. The third-order valence-electron chi connectivity index (χ3n) is 6.04. The number of aromatic carboxylic acids is 1. The Morgan fingerprint density at radius 2 is 1.97 bits per heavy atom. The number of aromatic nitrogens is 1. The van der Waals surface area contributed by atoms with Crippen molar-refractivity contribution >= 4 is 28.5 Å². The predicted octanol–water partition coefficient (Wildman–Crippen LogP) is 5.91. The van der Waals surface area contributed by atoms with Crippen molar-refractivity contribution in [3.05, 3.63) is 69.6 Å². The Kier molecular flexibility index (Phi) is 6.11. The Bertz CT molecular complexity index is 1090. The van der Waals surface area contributed by atoms with Crippen LogP contribution in [0.1, 0.15) is 59.3 Å². The average molecular weight is 429 g/mol. The Morgan fingerprint density at radius 1 is 1.20 bits per heavy atom. The van der Waals surface area contributed by atoms with E-state index in [4.69, 9.17) is 11.6 Å². The van der Waals surface area contributed by atoms with Crippen LogP contribution in [0.3, 0.4) is 0 Å². The van der Waals surface area contributed by atoms with Gasteiger partial charge in [0.2, 0.25) is 0 Å². The Morgan fingerprint density at radius 3 is 2.67 bits per heavy atom. The first kappa shape index (κ1) is 20.9. The summed E-state index contributed by atoms with van der Waals surface area (Å²) < 4.78 is 15.3. The molecule has 4 nitrogen and oxygen atoms in total. The molecule has 0 unspecified atom stereocenters. The molecular formula is C24H26ClFN2O2. The second-order valence-corrected chi connectivity index (χ2v) is 8.60. The number of halogens is 2. The number of carboxylic acid groups (broad SMARTS) is 1. The Labute approximate surface area is 180 Å². The first-order valence-electron chi connectivity index (χ1n) is 10.5. The van der Waals surface area contributed by atoms with Gasteiger partial charge in [0.1, 0.15) is 11.5 Å². The van der Waals surface area contributed by atoms with E-state index in [-0.39, 0.29) is 12.2 Å². The molecule has 1 aromatic heterocycles. The highest BCUT2D eigenvalue weighted by Gasteiger charge is 2.24. The number of fused-ring (bicyclic) bond motifs is 1. The van der Waals surface area contributed by atoms with E-state index >= 15 is 0 Å². The zero-order chi connectivity index (χ0) is 21.3. The fourth-order valence-electron chi connectivity index (χ4n) is 4.49. The summed E-state index contributed by atoms with van der Waals surface area (Å²) in [5.74, 6) is -1.38. The minimum atomic E-state index is -0.970. The van der Waals surface area contributed by atoms with Crippen molar-refractivity contribution in [1.82, 2.24) is 9.88 Å². The molecule has 2 aromatic carbocycles. The van der Waals surface area contributed by atoms with E-state index < -0.39 is 11.8 Å². The van der Waals surface area contributed by atoms with Crippen LogP contribution in [-0.2, 0) is 13.1 Å². The van der Waals surface area contributed by atoms with Gasteiger partial charge in [0.15, 0.2) is 0 Å². The average Bonchev–Trinajstić information content (AvgIpc) is 3.02. The van der Waals surface area contributed by atoms with Gasteiger partial charge in [0, 0.05) is 40.6 Å². The summed E-state index contributed by atoms with van der Waals surface area (Å²) in [7, 11) is 0. The highest BCUT2D eigenvalue weighted by atomic mass is 35.5. The molecule has 2 N–H and O–H groups in total. The molecule has 0 atom stereocenters. The summed E-state index contributed by atoms with van der Waals surface area (Å²) in [4.78, 5) is 12.3. The maximum absolute atomic E-state index is 13.5. The summed E-state index contributed by atoms with van der Waals surface area (Å²) in [6.45, 7) is 2.77. The van der Waals surface area contributed by atoms with Gasteiger partial charge < -0.3 is 15.0 Å². The molecular weight excluding hydrogens is 403 g/mol. The minimum Gasteiger partial charge on any atom is -0.477 e. The van der Waals surface area contributed by atoms with E-state index in [0.717, 1.165) is 34.9 Å². The van der Waals surface area contributed by atoms with Gasteiger partial charge in [-0.1, -0.05) is 49.1 Å². The quantitative estimate of drug-likeness (QED) is 0.513. The van der Waals surface area contributed by atoms with Gasteiger partial charge >= 0.3 is 5.97 Å². The monoisotopic (exact) mass is 428 g/mol. The van der Waals surface area contributed by atoms with E-state index in [1.165, 1.54) is 31.4 Å². The molecule has 3 aromatic rings. The van der Waals surface area contributed by atoms with Crippen LogP contribution < -0.4 is 5.32 Å². The lowest BCUT2D eigenvalue weighted by Crippen LogP contribution is -2.31. The molecule has 6 heteroatoms. The lowest BCUT2D eigenvalue weighted by molar-refractivity contribution is 0.0684. The van der Waals surface area contributed by atoms with Crippen molar-refractivity contribution in [2.75, 3.05) is 0 Å². The summed E-state index contributed by atoms with van der Waals surface area (Å²) in [6, 6.07) is 10.7. The number of carbonyl (C=O) groups is 1. The largest absolute Gasteiger partial charge is 0.477 e. The van der Waals surface area contributed by atoms with Crippen LogP contribution in [0.15, 0.2) is 36.4 Å². The molecule has 1 heterocycles. The van der Waals surface area contributed by atoms with Gasteiger partial charge in [0.25, 0.3) is 0 Å². The van der Waals surface area contributed by atoms with Crippen LogP contribution in [0.2, 0.25) is 5.02 Å². The molecule has 1 saturated carbocycles. The lowest BCUT2D eigenvalue weighted by atomic mass is 9.95. The first-order valence-corrected chi connectivity index (χ1v) is 10.8. The Balaban J connectivity index is 1.78. The van der Waals surface area contributed by atoms with Crippen LogP contribution in [-0.4, -0.2) is 21.7 Å². The van der Waals surface area contributed by atoms with Gasteiger partial charge in [-0.05, 0) is 49.1 Å². The number of hydrogen-bond acceptors (Lipinski definition) is 2. The maximum Gasteiger partial charge on any atom is 0.352 e. The molecule has 0 saturated heterocycles. The molecule has 1 fully saturated rings. The molecule has 0 radical (unpaired) electrons. The summed E-state index contributed by atoms with van der Waals surface area (Å²) in [5.41, 5.74) is 3.65. The first-order chi connectivity index (χ1) is 14.4. The number of aryl methyl sites for hydroxylation is 1. The number of rotatable bonds is 6. The second-order valence-electron chi connectivity index (χ2n) is 8.19. The van der Waals surface area contributed by atoms with Crippen LogP contribution >= 0.6 is 11.6 Å². The molecule has 1 aliphatic carbocycles. The topological polar surface area (TPSA) is 54.3 Å². The number of hydrogen-bond donors (Lipinski definition) is 2. The van der Waals surface area contributed by atoms with Crippen LogP contribution in [0.5, 0.6) is 0 Å². The van der Waals surface area contributed by atoms with Crippen LogP contribution in [0.25, 0.3) is 10.9 Å². The minimum absolute atomic E-state index is 0.263. The smallest absolute Gasteiger partial charge is 0.352 e. The highest BCUT2D eigenvalue weighted by molar-refractivity contribution is 6.31. The molecule has 158 valence electrons. The van der Waals surface area contributed by atoms with E-state index in [1.54, 1.807) is 10.6 Å². The van der Waals surface area contributed by atoms with Gasteiger partial charge in [-0.3, -0.25) is 0 Å². The van der Waals surface area contributed by atoms with Crippen LogP contribution in [0.4, 0.5) is 4.39 Å². The second kappa shape index (κ2) is 8.78. The van der Waals surface area contributed by atoms with Crippen molar-refractivity contribution < 1.29 is 14.3 Å². The fourth-order valence-corrected chi connectivity index (χ4v) is 4.72. The molecule has 0 aliphatic heterocycles. The van der Waals surface area contributed by atoms with Gasteiger partial charge in [-0.25, -0.2) is 9.18 Å². The Hall–Kier alpha value is -2.37. The number of carboxylic acids is 1. The van der Waals surface area contributed by atoms with Crippen molar-refractivity contribution in [2.45, 2.75) is 58.2 Å². The third kappa shape index (κ3) is 4.23. The molecule has 1 aliphatic rings. The third-order valence-corrected chi connectivity index (χ3v) is 6.40. The van der Waals surface area contributed by atoms with Crippen molar-refractivity contribution in [1.29, 1.82) is 0 Å². The van der Waals surface area contributed by atoms with Gasteiger partial charge in [-0.15, -0.1) is 0 Å². The van der Waals surface area contributed by atoms with Crippen LogP contribution in [0, 0.1) is 12.7 Å². The molecule has 4 rings (SSSR count). The fraction of sp³-hybridized carbons (Fsp3) is 0.375. The predicted molar refractivity (Wildman–Crippen MR) is 118 cm³/mol. The molecule has 0 amide bonds. The number of nitrogens with zero attached hydrogens (tertiary/aromatic N) is 1. The van der Waals surface area contributed by atoms with E-state index in [9.17, 15) is 14.3 Å². The summed E-state index contributed by atoms with van der Waals surface area (Å²) >= 11 is 6.25. The SMILES string of the molecule is Cc1ccc2c(CNC3CCCCC3)c(C(=O)O)n(Cc3ccc(F)cc3Cl)c2c1. The molecule has 30 heavy (non-hydrogen) atoms. The number of nitrogens with one attached hydrogen (secondary N) is 1. The van der Waals surface area contributed by atoms with Gasteiger partial charge in [0.05, 0.1) is 0 Å². The standard InChI is InChI=1S/C24H26ClFN2O2/c1-15-7-10-19-20(13-27-18-5-3-2-4-6-18)23(24(29)30)28(22(19)11-15)14-16-8-9-17(26)12-21(16)25/h7-12,18,27H,2-6,13-14H2,1H3,(H,29,30). The van der Waals surface area contributed by atoms with Gasteiger partial charge in [-0.2, -0.15) is 0 Å². The molecule has 0 spiro atoms. The maximum atomic E-state index is 13.5. The van der Waals surface area contributed by atoms with E-state index in [1.807, 2.05) is 25.1 Å². The highest BCUT2D eigenvalue weighted by Crippen LogP contribution is 2.30. The molecule has 0 bridgehead atoms. The zero-order valence-electron chi connectivity index (χ0n) is 17.0. The lowest BCUT2D eigenvalue weighted by Gasteiger charge is -2.23. The van der Waals surface area contributed by atoms with Crippen molar-refractivity contribution in [2.24, 2.45) is 0 Å². The number of benzene rings is 2. The van der Waals surface area contributed by atoms with E-state index in [0.29, 0.717) is 23.2 Å².